The number of benzene rings is 2. The van der Waals surface area contributed by atoms with Crippen LogP contribution in [0.4, 0.5) is 9.18 Å². The number of carbonyl (C=O) groups is 1. The zero-order valence-corrected chi connectivity index (χ0v) is 11.3. The maximum atomic E-state index is 13.1. The Morgan fingerprint density at radius 1 is 1.00 bits per heavy atom. The van der Waals surface area contributed by atoms with Gasteiger partial charge in [0.2, 0.25) is 0 Å². The molecule has 0 atom stereocenters. The minimum absolute atomic E-state index is 0.234. The predicted octanol–water partition coefficient (Wildman–Crippen LogP) is 3.13. The van der Waals surface area contributed by atoms with E-state index in [-0.39, 0.29) is 11.8 Å². The summed E-state index contributed by atoms with van der Waals surface area (Å²) in [6.45, 7) is 2.56. The molecule has 2 aromatic carbocycles. The van der Waals surface area contributed by atoms with Crippen molar-refractivity contribution in [1.82, 2.24) is 10.6 Å². The number of nitrogens with one attached hydrogen (secondary N) is 2. The Kier molecular flexibility index (Phi) is 4.71. The Bertz CT molecular complexity index is 584. The highest BCUT2D eigenvalue weighted by molar-refractivity contribution is 5.73. The first-order valence-electron chi connectivity index (χ1n) is 6.46. The van der Waals surface area contributed by atoms with E-state index in [0.717, 1.165) is 11.1 Å². The number of hydrogen-bond donors (Lipinski definition) is 2. The van der Waals surface area contributed by atoms with Gasteiger partial charge in [-0.15, -0.1) is 0 Å². The van der Waals surface area contributed by atoms with Gasteiger partial charge in [0.15, 0.2) is 0 Å². The molecular formula is C16H17FN2O. The molecule has 0 fully saturated rings. The number of amides is 2. The van der Waals surface area contributed by atoms with Crippen LogP contribution >= 0.6 is 0 Å². The monoisotopic (exact) mass is 272 g/mol. The molecular weight excluding hydrogens is 255 g/mol. The molecule has 0 unspecified atom stereocenters. The third-order valence-electron chi connectivity index (χ3n) is 2.97. The first kappa shape index (κ1) is 14.1. The molecule has 0 heterocycles. The summed E-state index contributed by atoms with van der Waals surface area (Å²) < 4.78 is 13.1. The van der Waals surface area contributed by atoms with E-state index in [9.17, 15) is 9.18 Å². The SMILES string of the molecule is Cc1cc(CNC(=O)NCc2ccccc2)ccc1F. The molecule has 2 N–H and O–H groups in total. The lowest BCUT2D eigenvalue weighted by atomic mass is 10.1. The lowest BCUT2D eigenvalue weighted by molar-refractivity contribution is 0.240. The molecule has 2 aromatic rings. The van der Waals surface area contributed by atoms with Crippen molar-refractivity contribution in [3.8, 4) is 0 Å². The largest absolute Gasteiger partial charge is 0.334 e. The standard InChI is InChI=1S/C16H17FN2O/c1-12-9-14(7-8-15(12)17)11-19-16(20)18-10-13-5-3-2-4-6-13/h2-9H,10-11H2,1H3,(H2,18,19,20). The van der Waals surface area contributed by atoms with Crippen LogP contribution in [0.25, 0.3) is 0 Å². The molecule has 0 aliphatic carbocycles. The highest BCUT2D eigenvalue weighted by Crippen LogP contribution is 2.08. The Morgan fingerprint density at radius 2 is 1.65 bits per heavy atom. The molecule has 104 valence electrons. The van der Waals surface area contributed by atoms with Crippen molar-refractivity contribution in [2.45, 2.75) is 20.0 Å². The van der Waals surface area contributed by atoms with Crippen molar-refractivity contribution < 1.29 is 9.18 Å². The van der Waals surface area contributed by atoms with Crippen LogP contribution in [-0.4, -0.2) is 6.03 Å². The topological polar surface area (TPSA) is 41.1 Å². The van der Waals surface area contributed by atoms with Crippen LogP contribution in [0, 0.1) is 12.7 Å². The Hall–Kier alpha value is -2.36. The van der Waals surface area contributed by atoms with Crippen LogP contribution in [0.15, 0.2) is 48.5 Å². The summed E-state index contributed by atoms with van der Waals surface area (Å²) in [6.07, 6.45) is 0. The van der Waals surface area contributed by atoms with E-state index in [2.05, 4.69) is 10.6 Å². The summed E-state index contributed by atoms with van der Waals surface area (Å²) in [4.78, 5) is 11.6. The molecule has 3 nitrogen and oxygen atoms in total. The van der Waals surface area contributed by atoms with Crippen molar-refractivity contribution in [1.29, 1.82) is 0 Å². The van der Waals surface area contributed by atoms with Crippen molar-refractivity contribution in [2.75, 3.05) is 0 Å². The molecule has 0 radical (unpaired) electrons. The third kappa shape index (κ3) is 4.09. The van der Waals surface area contributed by atoms with Crippen molar-refractivity contribution >= 4 is 6.03 Å². The molecule has 20 heavy (non-hydrogen) atoms. The van der Waals surface area contributed by atoms with Gasteiger partial charge in [0.25, 0.3) is 0 Å². The molecule has 0 aliphatic rings. The summed E-state index contributed by atoms with van der Waals surface area (Å²) in [5.41, 5.74) is 2.49. The molecule has 0 spiro atoms. The lowest BCUT2D eigenvalue weighted by Crippen LogP contribution is -2.34. The number of aryl methyl sites for hydroxylation is 1. The van der Waals surface area contributed by atoms with Crippen LogP contribution in [-0.2, 0) is 13.1 Å². The van der Waals surface area contributed by atoms with Crippen LogP contribution in [0.2, 0.25) is 0 Å². The number of urea groups is 1. The lowest BCUT2D eigenvalue weighted by Gasteiger charge is -2.08. The summed E-state index contributed by atoms with van der Waals surface area (Å²) in [6, 6.07) is 14.2. The summed E-state index contributed by atoms with van der Waals surface area (Å²) >= 11 is 0. The number of hydrogen-bond acceptors (Lipinski definition) is 1. The molecule has 0 aromatic heterocycles. The van der Waals surface area contributed by atoms with Crippen molar-refractivity contribution in [3.05, 3.63) is 71.0 Å². The molecule has 4 heteroatoms. The van der Waals surface area contributed by atoms with Gasteiger partial charge < -0.3 is 10.6 Å². The second-order valence-electron chi connectivity index (χ2n) is 4.61. The van der Waals surface area contributed by atoms with Crippen molar-refractivity contribution in [2.24, 2.45) is 0 Å². The van der Waals surface area contributed by atoms with Gasteiger partial charge in [-0.2, -0.15) is 0 Å². The summed E-state index contributed by atoms with van der Waals surface area (Å²) in [5.74, 6) is -0.234. The van der Waals surface area contributed by atoms with Gasteiger partial charge >= 0.3 is 6.03 Å². The van der Waals surface area contributed by atoms with Crippen LogP contribution in [0.1, 0.15) is 16.7 Å². The number of carbonyl (C=O) groups excluding carboxylic acids is 1. The highest BCUT2D eigenvalue weighted by atomic mass is 19.1. The van der Waals surface area contributed by atoms with Gasteiger partial charge in [-0.3, -0.25) is 0 Å². The predicted molar refractivity (Wildman–Crippen MR) is 76.7 cm³/mol. The van der Waals surface area contributed by atoms with Gasteiger partial charge in [0.05, 0.1) is 0 Å². The van der Waals surface area contributed by atoms with E-state index in [0.29, 0.717) is 18.7 Å². The van der Waals surface area contributed by atoms with E-state index in [4.69, 9.17) is 0 Å². The Morgan fingerprint density at radius 3 is 2.30 bits per heavy atom. The molecule has 2 rings (SSSR count). The minimum atomic E-state index is -0.240. The van der Waals surface area contributed by atoms with Gasteiger partial charge in [0.1, 0.15) is 5.82 Å². The number of rotatable bonds is 4. The second kappa shape index (κ2) is 6.70. The highest BCUT2D eigenvalue weighted by Gasteiger charge is 2.02. The van der Waals surface area contributed by atoms with E-state index in [1.54, 1.807) is 19.1 Å². The Balaban J connectivity index is 1.79. The fourth-order valence-corrected chi connectivity index (χ4v) is 1.84. The number of halogens is 1. The first-order chi connectivity index (χ1) is 9.65. The van der Waals surface area contributed by atoms with Gasteiger partial charge in [-0.1, -0.05) is 42.5 Å². The van der Waals surface area contributed by atoms with E-state index >= 15 is 0 Å². The quantitative estimate of drug-likeness (QED) is 0.882. The van der Waals surface area contributed by atoms with E-state index in [1.807, 2.05) is 30.3 Å². The molecule has 0 bridgehead atoms. The fourth-order valence-electron chi connectivity index (χ4n) is 1.84. The second-order valence-corrected chi connectivity index (χ2v) is 4.61. The maximum Gasteiger partial charge on any atom is 0.315 e. The molecule has 0 saturated carbocycles. The minimum Gasteiger partial charge on any atom is -0.334 e. The normalized spacial score (nSPS) is 10.1. The van der Waals surface area contributed by atoms with Gasteiger partial charge in [0, 0.05) is 13.1 Å². The molecule has 0 saturated heterocycles. The third-order valence-corrected chi connectivity index (χ3v) is 2.97. The summed E-state index contributed by atoms with van der Waals surface area (Å²) in [5, 5.41) is 5.51. The average Bonchev–Trinajstić information content (AvgIpc) is 2.47. The summed E-state index contributed by atoms with van der Waals surface area (Å²) in [7, 11) is 0. The average molecular weight is 272 g/mol. The fraction of sp³-hybridized carbons (Fsp3) is 0.188. The maximum absolute atomic E-state index is 13.1. The molecule has 2 amide bonds. The van der Waals surface area contributed by atoms with E-state index in [1.165, 1.54) is 6.07 Å². The van der Waals surface area contributed by atoms with Crippen LogP contribution in [0.3, 0.4) is 0 Å². The van der Waals surface area contributed by atoms with Crippen molar-refractivity contribution in [3.63, 3.8) is 0 Å². The van der Waals surface area contributed by atoms with Gasteiger partial charge in [-0.05, 0) is 29.7 Å². The molecule has 0 aliphatic heterocycles. The smallest absolute Gasteiger partial charge is 0.315 e. The van der Waals surface area contributed by atoms with E-state index < -0.39 is 0 Å². The first-order valence-corrected chi connectivity index (χ1v) is 6.46. The zero-order chi connectivity index (χ0) is 14.4. The van der Waals surface area contributed by atoms with Gasteiger partial charge in [-0.25, -0.2) is 9.18 Å². The Labute approximate surface area is 117 Å². The zero-order valence-electron chi connectivity index (χ0n) is 11.3. The van der Waals surface area contributed by atoms with Crippen LogP contribution in [0.5, 0.6) is 0 Å². The van der Waals surface area contributed by atoms with Crippen LogP contribution < -0.4 is 10.6 Å².